The van der Waals surface area contributed by atoms with Gasteiger partial charge in [-0.2, -0.15) is 0 Å². The number of carbonyl (C=O) groups excluding carboxylic acids is 1. The summed E-state index contributed by atoms with van der Waals surface area (Å²) in [5.41, 5.74) is 2.83. The molecule has 5 nitrogen and oxygen atoms in total. The second-order valence-electron chi connectivity index (χ2n) is 6.44. The summed E-state index contributed by atoms with van der Waals surface area (Å²) in [6.07, 6.45) is 0. The number of halogens is 1. The fourth-order valence-corrected chi connectivity index (χ4v) is 5.32. The molecule has 1 aromatic carbocycles. The summed E-state index contributed by atoms with van der Waals surface area (Å²) in [5, 5.41) is 2.69. The topological polar surface area (TPSA) is 49.3 Å². The van der Waals surface area contributed by atoms with E-state index in [-0.39, 0.29) is 5.91 Å². The molecule has 3 aromatic rings. The van der Waals surface area contributed by atoms with Crippen LogP contribution in [0.15, 0.2) is 12.1 Å². The third-order valence-corrected chi connectivity index (χ3v) is 7.22. The van der Waals surface area contributed by atoms with Crippen molar-refractivity contribution in [2.24, 2.45) is 0 Å². The molecule has 0 spiro atoms. The van der Waals surface area contributed by atoms with Gasteiger partial charge < -0.3 is 9.80 Å². The molecule has 0 radical (unpaired) electrons. The van der Waals surface area contributed by atoms with E-state index in [0.29, 0.717) is 13.1 Å². The molecule has 136 valence electrons. The minimum absolute atomic E-state index is 0.0969. The third-order valence-electron chi connectivity index (χ3n) is 4.67. The van der Waals surface area contributed by atoms with E-state index in [2.05, 4.69) is 9.88 Å². The first kappa shape index (κ1) is 17.7. The SMILES string of the molecule is Cc1nc(C)c(C(=O)N2CCN(c3nc4c(C)c(Cl)ccc4s3)CC2)s1. The lowest BCUT2D eigenvalue weighted by Gasteiger charge is -2.34. The highest BCUT2D eigenvalue weighted by Gasteiger charge is 2.26. The Balaban J connectivity index is 1.49. The smallest absolute Gasteiger partial charge is 0.265 e. The fourth-order valence-electron chi connectivity index (χ4n) is 3.20. The van der Waals surface area contributed by atoms with Crippen LogP contribution in [-0.4, -0.2) is 47.0 Å². The molecule has 1 aliphatic rings. The number of fused-ring (bicyclic) bond motifs is 1. The van der Waals surface area contributed by atoms with E-state index in [9.17, 15) is 4.79 Å². The van der Waals surface area contributed by atoms with Crippen LogP contribution in [0.1, 0.15) is 25.9 Å². The minimum atomic E-state index is 0.0969. The number of rotatable bonds is 2. The third kappa shape index (κ3) is 3.08. The largest absolute Gasteiger partial charge is 0.345 e. The number of nitrogens with zero attached hydrogens (tertiary/aromatic N) is 4. The second kappa shape index (κ2) is 6.79. The Labute approximate surface area is 165 Å². The lowest BCUT2D eigenvalue weighted by atomic mass is 10.2. The summed E-state index contributed by atoms with van der Waals surface area (Å²) >= 11 is 9.38. The molecular weight excluding hydrogens is 388 g/mol. The summed E-state index contributed by atoms with van der Waals surface area (Å²) in [5.74, 6) is 0.0969. The van der Waals surface area contributed by atoms with Gasteiger partial charge in [0.15, 0.2) is 5.13 Å². The minimum Gasteiger partial charge on any atom is -0.345 e. The average Bonchev–Trinajstić information content (AvgIpc) is 3.21. The molecule has 26 heavy (non-hydrogen) atoms. The number of benzene rings is 1. The first-order chi connectivity index (χ1) is 12.4. The van der Waals surface area contributed by atoms with Crippen molar-refractivity contribution in [3.05, 3.63) is 38.3 Å². The molecule has 0 bridgehead atoms. The summed E-state index contributed by atoms with van der Waals surface area (Å²) in [6, 6.07) is 3.96. The van der Waals surface area contributed by atoms with E-state index in [1.807, 2.05) is 37.8 Å². The van der Waals surface area contributed by atoms with Crippen molar-refractivity contribution in [1.82, 2.24) is 14.9 Å². The van der Waals surface area contributed by atoms with Gasteiger partial charge in [-0.05, 0) is 38.5 Å². The fraction of sp³-hybridized carbons (Fsp3) is 0.389. The molecule has 1 saturated heterocycles. The molecule has 3 heterocycles. The average molecular weight is 407 g/mol. The summed E-state index contributed by atoms with van der Waals surface area (Å²) < 4.78 is 1.15. The maximum absolute atomic E-state index is 12.8. The van der Waals surface area contributed by atoms with Crippen LogP contribution in [0.2, 0.25) is 5.02 Å². The van der Waals surface area contributed by atoms with Crippen LogP contribution in [0.25, 0.3) is 10.2 Å². The Hall–Kier alpha value is -1.70. The lowest BCUT2D eigenvalue weighted by molar-refractivity contribution is 0.0750. The molecule has 0 atom stereocenters. The molecule has 0 aliphatic carbocycles. The quantitative estimate of drug-likeness (QED) is 0.636. The van der Waals surface area contributed by atoms with E-state index in [0.717, 1.165) is 54.6 Å². The van der Waals surface area contributed by atoms with E-state index in [4.69, 9.17) is 16.6 Å². The molecule has 0 unspecified atom stereocenters. The summed E-state index contributed by atoms with van der Waals surface area (Å²) in [7, 11) is 0. The number of anilines is 1. The van der Waals surface area contributed by atoms with Gasteiger partial charge in [0.2, 0.25) is 0 Å². The van der Waals surface area contributed by atoms with Gasteiger partial charge in [-0.15, -0.1) is 11.3 Å². The molecule has 4 rings (SSSR count). The number of hydrogen-bond donors (Lipinski definition) is 0. The zero-order chi connectivity index (χ0) is 18.4. The molecule has 1 fully saturated rings. The van der Waals surface area contributed by atoms with Gasteiger partial charge in [0.25, 0.3) is 5.91 Å². The van der Waals surface area contributed by atoms with Crippen LogP contribution in [0.3, 0.4) is 0 Å². The van der Waals surface area contributed by atoms with Gasteiger partial charge in [0.1, 0.15) is 4.88 Å². The number of amides is 1. The van der Waals surface area contributed by atoms with E-state index < -0.39 is 0 Å². The van der Waals surface area contributed by atoms with Crippen molar-refractivity contribution in [3.63, 3.8) is 0 Å². The van der Waals surface area contributed by atoms with Crippen molar-refractivity contribution < 1.29 is 4.79 Å². The summed E-state index contributed by atoms with van der Waals surface area (Å²) in [6.45, 7) is 8.82. The van der Waals surface area contributed by atoms with Gasteiger partial charge in [-0.25, -0.2) is 9.97 Å². The number of carbonyl (C=O) groups is 1. The van der Waals surface area contributed by atoms with Crippen LogP contribution in [0, 0.1) is 20.8 Å². The Bertz CT molecular complexity index is 989. The van der Waals surface area contributed by atoms with Crippen LogP contribution >= 0.6 is 34.3 Å². The number of hydrogen-bond acceptors (Lipinski definition) is 6. The van der Waals surface area contributed by atoms with Crippen LogP contribution < -0.4 is 4.90 Å². The zero-order valence-electron chi connectivity index (χ0n) is 14.9. The summed E-state index contributed by atoms with van der Waals surface area (Å²) in [4.78, 5) is 26.9. The normalized spacial score (nSPS) is 15.1. The van der Waals surface area contributed by atoms with E-state index in [1.54, 1.807) is 11.3 Å². The molecule has 1 aliphatic heterocycles. The lowest BCUT2D eigenvalue weighted by Crippen LogP contribution is -2.48. The van der Waals surface area contributed by atoms with Crippen LogP contribution in [-0.2, 0) is 0 Å². The number of aromatic nitrogens is 2. The predicted octanol–water partition coefficient (Wildman–Crippen LogP) is 4.29. The number of piperazine rings is 1. The Morgan fingerprint density at radius 1 is 1.08 bits per heavy atom. The van der Waals surface area contributed by atoms with Crippen molar-refractivity contribution in [2.45, 2.75) is 20.8 Å². The second-order valence-corrected chi connectivity index (χ2v) is 9.06. The van der Waals surface area contributed by atoms with Crippen molar-refractivity contribution in [2.75, 3.05) is 31.1 Å². The maximum atomic E-state index is 12.8. The standard InChI is InChI=1S/C18H19ClN4OS2/c1-10-13(19)4-5-14-15(10)21-18(26-14)23-8-6-22(7-9-23)17(24)16-11(2)20-12(3)25-16/h4-5H,6-9H2,1-3H3. The first-order valence-corrected chi connectivity index (χ1v) is 10.5. The Morgan fingerprint density at radius 3 is 2.46 bits per heavy atom. The van der Waals surface area contributed by atoms with E-state index in [1.165, 1.54) is 11.3 Å². The van der Waals surface area contributed by atoms with Gasteiger partial charge in [0, 0.05) is 31.2 Å². The Kier molecular flexibility index (Phi) is 4.62. The maximum Gasteiger partial charge on any atom is 0.265 e. The molecule has 2 aromatic heterocycles. The highest BCUT2D eigenvalue weighted by atomic mass is 35.5. The highest BCUT2D eigenvalue weighted by Crippen LogP contribution is 2.34. The van der Waals surface area contributed by atoms with Crippen molar-refractivity contribution >= 4 is 55.5 Å². The monoisotopic (exact) mass is 406 g/mol. The van der Waals surface area contributed by atoms with E-state index >= 15 is 0 Å². The van der Waals surface area contributed by atoms with Gasteiger partial charge in [-0.1, -0.05) is 22.9 Å². The predicted molar refractivity (Wildman–Crippen MR) is 109 cm³/mol. The number of aryl methyl sites for hydroxylation is 3. The first-order valence-electron chi connectivity index (χ1n) is 8.48. The van der Waals surface area contributed by atoms with Crippen molar-refractivity contribution in [3.8, 4) is 0 Å². The molecule has 1 amide bonds. The molecular formula is C18H19ClN4OS2. The van der Waals surface area contributed by atoms with Crippen molar-refractivity contribution in [1.29, 1.82) is 0 Å². The van der Waals surface area contributed by atoms with Gasteiger partial charge in [0.05, 0.1) is 20.9 Å². The zero-order valence-corrected chi connectivity index (χ0v) is 17.3. The van der Waals surface area contributed by atoms with Gasteiger partial charge >= 0.3 is 0 Å². The molecule has 8 heteroatoms. The molecule has 0 N–H and O–H groups in total. The van der Waals surface area contributed by atoms with Crippen LogP contribution in [0.4, 0.5) is 5.13 Å². The Morgan fingerprint density at radius 2 is 1.81 bits per heavy atom. The molecule has 0 saturated carbocycles. The van der Waals surface area contributed by atoms with Crippen LogP contribution in [0.5, 0.6) is 0 Å². The van der Waals surface area contributed by atoms with Gasteiger partial charge in [-0.3, -0.25) is 4.79 Å². The number of thiazole rings is 2. The highest BCUT2D eigenvalue weighted by molar-refractivity contribution is 7.22.